The fourth-order valence-corrected chi connectivity index (χ4v) is 2.17. The quantitative estimate of drug-likeness (QED) is 0.731. The van der Waals surface area contributed by atoms with E-state index >= 15 is 0 Å². The van der Waals surface area contributed by atoms with Gasteiger partial charge in [0.05, 0.1) is 12.1 Å². The molecule has 3 N–H and O–H groups in total. The van der Waals surface area contributed by atoms with Gasteiger partial charge in [0.15, 0.2) is 0 Å². The second-order valence-electron chi connectivity index (χ2n) is 4.84. The van der Waals surface area contributed by atoms with E-state index in [1.165, 1.54) is 11.1 Å². The van der Waals surface area contributed by atoms with Crippen molar-refractivity contribution >= 4 is 5.91 Å². The van der Waals surface area contributed by atoms with Gasteiger partial charge in [0.25, 0.3) is 0 Å². The van der Waals surface area contributed by atoms with Gasteiger partial charge in [-0.2, -0.15) is 0 Å². The Labute approximate surface area is 107 Å². The summed E-state index contributed by atoms with van der Waals surface area (Å²) in [6.07, 6.45) is 0.955. The van der Waals surface area contributed by atoms with Crippen LogP contribution in [0.1, 0.15) is 24.5 Å². The predicted octanol–water partition coefficient (Wildman–Crippen LogP) is 0.588. The molecule has 2 rings (SSSR count). The van der Waals surface area contributed by atoms with Crippen molar-refractivity contribution in [2.75, 3.05) is 6.54 Å². The second kappa shape index (κ2) is 5.98. The van der Waals surface area contributed by atoms with Crippen LogP contribution in [0.4, 0.5) is 0 Å². The number of benzene rings is 1. The molecule has 0 bridgehead atoms. The van der Waals surface area contributed by atoms with E-state index < -0.39 is 0 Å². The van der Waals surface area contributed by atoms with Gasteiger partial charge in [-0.15, -0.1) is 0 Å². The molecular weight excluding hydrogens is 228 g/mol. The van der Waals surface area contributed by atoms with Crippen molar-refractivity contribution in [2.45, 2.75) is 38.5 Å². The van der Waals surface area contributed by atoms with Crippen LogP contribution < -0.4 is 10.6 Å². The fourth-order valence-electron chi connectivity index (χ4n) is 2.17. The first kappa shape index (κ1) is 13.1. The van der Waals surface area contributed by atoms with Gasteiger partial charge in [-0.05, 0) is 30.9 Å². The van der Waals surface area contributed by atoms with Crippen molar-refractivity contribution in [3.63, 3.8) is 0 Å². The zero-order chi connectivity index (χ0) is 13.0. The second-order valence-corrected chi connectivity index (χ2v) is 4.84. The number of nitrogens with one attached hydrogen (secondary N) is 2. The first-order valence-electron chi connectivity index (χ1n) is 6.43. The summed E-state index contributed by atoms with van der Waals surface area (Å²) in [5.74, 6) is 0.0187. The monoisotopic (exact) mass is 248 g/mol. The summed E-state index contributed by atoms with van der Waals surface area (Å²) >= 11 is 0. The highest BCUT2D eigenvalue weighted by Crippen LogP contribution is 2.16. The number of aliphatic hydroxyl groups is 1. The molecule has 0 aromatic heterocycles. The molecule has 1 amide bonds. The predicted molar refractivity (Wildman–Crippen MR) is 70.1 cm³/mol. The van der Waals surface area contributed by atoms with Crippen LogP contribution in [0.15, 0.2) is 24.3 Å². The van der Waals surface area contributed by atoms with Gasteiger partial charge in [-0.25, -0.2) is 0 Å². The molecule has 0 aliphatic carbocycles. The lowest BCUT2D eigenvalue weighted by Crippen LogP contribution is -2.48. The Bertz CT molecular complexity index is 418. The molecule has 4 heteroatoms. The molecule has 4 nitrogen and oxygen atoms in total. The summed E-state index contributed by atoms with van der Waals surface area (Å²) < 4.78 is 0. The Kier molecular flexibility index (Phi) is 4.33. The van der Waals surface area contributed by atoms with E-state index in [9.17, 15) is 4.79 Å². The van der Waals surface area contributed by atoms with Crippen LogP contribution in [0.5, 0.6) is 0 Å². The molecule has 1 aliphatic rings. The average Bonchev–Trinajstić information content (AvgIpc) is 2.37. The van der Waals surface area contributed by atoms with Crippen molar-refractivity contribution in [3.8, 4) is 0 Å². The molecule has 1 heterocycles. The first-order chi connectivity index (χ1) is 8.66. The van der Waals surface area contributed by atoms with Crippen molar-refractivity contribution < 1.29 is 9.90 Å². The Balaban J connectivity index is 1.87. The van der Waals surface area contributed by atoms with Gasteiger partial charge in [0.2, 0.25) is 5.91 Å². The number of amides is 1. The first-order valence-corrected chi connectivity index (χ1v) is 6.43. The lowest BCUT2D eigenvalue weighted by molar-refractivity contribution is -0.123. The molecule has 0 saturated carbocycles. The van der Waals surface area contributed by atoms with Gasteiger partial charge < -0.3 is 15.7 Å². The third kappa shape index (κ3) is 3.31. The van der Waals surface area contributed by atoms with Crippen LogP contribution in [0, 0.1) is 0 Å². The number of hydrogen-bond donors (Lipinski definition) is 3. The van der Waals surface area contributed by atoms with Crippen LogP contribution >= 0.6 is 0 Å². The molecular formula is C14H20N2O2. The Morgan fingerprint density at radius 2 is 2.22 bits per heavy atom. The number of fused-ring (bicyclic) bond motifs is 1. The third-order valence-electron chi connectivity index (χ3n) is 3.26. The largest absolute Gasteiger partial charge is 0.393 e. The normalized spacial score (nSPS) is 20.0. The molecule has 0 saturated heterocycles. The summed E-state index contributed by atoms with van der Waals surface area (Å²) in [7, 11) is 0. The summed E-state index contributed by atoms with van der Waals surface area (Å²) in [5, 5.41) is 15.2. The van der Waals surface area contributed by atoms with Crippen LogP contribution in [0.3, 0.4) is 0 Å². The Morgan fingerprint density at radius 3 is 2.94 bits per heavy atom. The van der Waals surface area contributed by atoms with E-state index in [0.717, 1.165) is 13.0 Å². The molecule has 0 spiro atoms. The number of rotatable bonds is 4. The van der Waals surface area contributed by atoms with E-state index in [2.05, 4.69) is 22.8 Å². The zero-order valence-electron chi connectivity index (χ0n) is 10.6. The van der Waals surface area contributed by atoms with Gasteiger partial charge in [-0.1, -0.05) is 24.3 Å². The van der Waals surface area contributed by atoms with Crippen LogP contribution in [-0.2, 0) is 17.8 Å². The maximum absolute atomic E-state index is 11.9. The van der Waals surface area contributed by atoms with Crippen LogP contribution in [0.25, 0.3) is 0 Å². The molecule has 2 atom stereocenters. The maximum atomic E-state index is 11.9. The smallest absolute Gasteiger partial charge is 0.237 e. The zero-order valence-corrected chi connectivity index (χ0v) is 10.6. The van der Waals surface area contributed by atoms with Crippen molar-refractivity contribution in [3.05, 3.63) is 35.4 Å². The standard InChI is InChI=1S/C14H20N2O2/c1-10(17)6-7-15-14(18)13-8-11-4-2-3-5-12(11)9-16-13/h2-5,10,13,16-17H,6-9H2,1H3,(H,15,18). The molecule has 98 valence electrons. The molecule has 0 radical (unpaired) electrons. The molecule has 0 fully saturated rings. The highest BCUT2D eigenvalue weighted by molar-refractivity contribution is 5.82. The van der Waals surface area contributed by atoms with E-state index in [-0.39, 0.29) is 18.1 Å². The minimum Gasteiger partial charge on any atom is -0.393 e. The third-order valence-corrected chi connectivity index (χ3v) is 3.26. The maximum Gasteiger partial charge on any atom is 0.237 e. The molecule has 1 aliphatic heterocycles. The SMILES string of the molecule is CC(O)CCNC(=O)C1Cc2ccccc2CN1. The summed E-state index contributed by atoms with van der Waals surface area (Å²) in [4.78, 5) is 11.9. The minimum absolute atomic E-state index is 0.0187. The molecule has 1 aromatic rings. The fraction of sp³-hybridized carbons (Fsp3) is 0.500. The Hall–Kier alpha value is -1.39. The summed E-state index contributed by atoms with van der Waals surface area (Å²) in [5.41, 5.74) is 2.51. The van der Waals surface area contributed by atoms with E-state index in [1.54, 1.807) is 6.92 Å². The minimum atomic E-state index is -0.370. The highest BCUT2D eigenvalue weighted by Gasteiger charge is 2.23. The van der Waals surface area contributed by atoms with Crippen LogP contribution in [0.2, 0.25) is 0 Å². The van der Waals surface area contributed by atoms with Gasteiger partial charge >= 0.3 is 0 Å². The summed E-state index contributed by atoms with van der Waals surface area (Å²) in [6.45, 7) is 2.99. The Morgan fingerprint density at radius 1 is 1.50 bits per heavy atom. The average molecular weight is 248 g/mol. The van der Waals surface area contributed by atoms with Crippen LogP contribution in [-0.4, -0.2) is 29.7 Å². The van der Waals surface area contributed by atoms with Gasteiger partial charge in [0, 0.05) is 13.1 Å². The highest BCUT2D eigenvalue weighted by atomic mass is 16.3. The van der Waals surface area contributed by atoms with E-state index in [0.29, 0.717) is 13.0 Å². The summed E-state index contributed by atoms with van der Waals surface area (Å²) in [6, 6.07) is 8.03. The number of carbonyl (C=O) groups excluding carboxylic acids is 1. The van der Waals surface area contributed by atoms with Crippen molar-refractivity contribution in [2.24, 2.45) is 0 Å². The van der Waals surface area contributed by atoms with Gasteiger partial charge in [-0.3, -0.25) is 4.79 Å². The van der Waals surface area contributed by atoms with E-state index in [4.69, 9.17) is 5.11 Å². The number of hydrogen-bond acceptors (Lipinski definition) is 3. The number of aliphatic hydroxyl groups excluding tert-OH is 1. The van der Waals surface area contributed by atoms with Crippen molar-refractivity contribution in [1.82, 2.24) is 10.6 Å². The number of carbonyl (C=O) groups is 1. The molecule has 2 unspecified atom stereocenters. The molecule has 1 aromatic carbocycles. The molecule has 18 heavy (non-hydrogen) atoms. The van der Waals surface area contributed by atoms with Crippen molar-refractivity contribution in [1.29, 1.82) is 0 Å². The van der Waals surface area contributed by atoms with E-state index in [1.807, 2.05) is 12.1 Å². The lowest BCUT2D eigenvalue weighted by Gasteiger charge is -2.25. The lowest BCUT2D eigenvalue weighted by atomic mass is 9.95. The van der Waals surface area contributed by atoms with Gasteiger partial charge in [0.1, 0.15) is 0 Å². The topological polar surface area (TPSA) is 61.4 Å².